The Hall–Kier alpha value is -1.66. The van der Waals surface area contributed by atoms with E-state index in [4.69, 9.17) is 14.2 Å². The maximum absolute atomic E-state index is 12.1. The Bertz CT molecular complexity index is 553. The van der Waals surface area contributed by atoms with Crippen LogP contribution in [0.1, 0.15) is 19.8 Å². The molecule has 0 aliphatic heterocycles. The molecule has 118 valence electrons. The number of hydrogen-bond acceptors (Lipinski definition) is 7. The first-order chi connectivity index (χ1) is 9.69. The number of amides is 1. The Morgan fingerprint density at radius 2 is 1.90 bits per heavy atom. The van der Waals surface area contributed by atoms with E-state index in [1.807, 2.05) is 0 Å². The van der Waals surface area contributed by atoms with Crippen molar-refractivity contribution in [2.75, 3.05) is 19.9 Å². The van der Waals surface area contributed by atoms with Gasteiger partial charge in [0.2, 0.25) is 5.91 Å². The third-order valence-corrected chi connectivity index (χ3v) is 3.84. The second kappa shape index (κ2) is 6.87. The molecular weight excluding hydrogens is 300 g/mol. The zero-order valence-electron chi connectivity index (χ0n) is 12.1. The van der Waals surface area contributed by atoms with Crippen LogP contribution in [0.25, 0.3) is 0 Å². The lowest BCUT2D eigenvalue weighted by atomic mass is 9.95. The number of nitrogens with zero attached hydrogens (tertiary/aromatic N) is 2. The number of esters is 1. The van der Waals surface area contributed by atoms with Crippen LogP contribution in [0.15, 0.2) is 0 Å². The molecule has 0 heterocycles. The molecule has 0 aromatic rings. The van der Waals surface area contributed by atoms with E-state index >= 15 is 0 Å². The van der Waals surface area contributed by atoms with E-state index in [1.54, 1.807) is 13.1 Å². The van der Waals surface area contributed by atoms with E-state index in [0.717, 1.165) is 11.2 Å². The highest BCUT2D eigenvalue weighted by Gasteiger charge is 2.46. The summed E-state index contributed by atoms with van der Waals surface area (Å²) in [7, 11) is -2.40. The Morgan fingerprint density at radius 1 is 1.33 bits per heavy atom. The van der Waals surface area contributed by atoms with Gasteiger partial charge < -0.3 is 4.74 Å². The Labute approximate surface area is 123 Å². The molecule has 0 N–H and O–H groups in total. The summed E-state index contributed by atoms with van der Waals surface area (Å²) in [6.45, 7) is 1.79. The van der Waals surface area contributed by atoms with Gasteiger partial charge in [0, 0.05) is 7.05 Å². The molecule has 0 radical (unpaired) electrons. The number of ether oxygens (including phenoxy) is 1. The van der Waals surface area contributed by atoms with Gasteiger partial charge in [-0.05, 0) is 19.8 Å². The van der Waals surface area contributed by atoms with E-state index in [1.165, 1.54) is 7.05 Å². The molecule has 0 spiro atoms. The first kappa shape index (κ1) is 17.4. The number of hydrogen-bond donors (Lipinski definition) is 0. The first-order valence-electron chi connectivity index (χ1n) is 6.41. The zero-order valence-corrected chi connectivity index (χ0v) is 12.9. The topological polar surface area (TPSA) is 114 Å². The molecule has 1 aliphatic carbocycles. The van der Waals surface area contributed by atoms with Crippen LogP contribution in [-0.4, -0.2) is 51.2 Å². The normalized spacial score (nSPS) is 25.1. The molecule has 0 aromatic carbocycles. The van der Waals surface area contributed by atoms with Gasteiger partial charge >= 0.3 is 5.97 Å². The van der Waals surface area contributed by atoms with Crippen LogP contribution in [-0.2, 0) is 28.6 Å². The van der Waals surface area contributed by atoms with Gasteiger partial charge in [-0.15, -0.1) is 0 Å². The molecule has 0 aromatic heterocycles. The number of nitriles is 1. The molecule has 21 heavy (non-hydrogen) atoms. The minimum atomic E-state index is -3.69. The predicted molar refractivity (Wildman–Crippen MR) is 70.9 cm³/mol. The lowest BCUT2D eigenvalue weighted by Crippen LogP contribution is -2.34. The molecule has 3 atom stereocenters. The first-order valence-corrected chi connectivity index (χ1v) is 8.23. The summed E-state index contributed by atoms with van der Waals surface area (Å²) in [5, 5.41) is 8.76. The summed E-state index contributed by atoms with van der Waals surface area (Å²) in [5.41, 5.74) is 0. The van der Waals surface area contributed by atoms with Crippen LogP contribution in [0.3, 0.4) is 0 Å². The fraction of sp³-hybridized carbons (Fsp3) is 0.750. The van der Waals surface area contributed by atoms with E-state index in [9.17, 15) is 18.0 Å². The van der Waals surface area contributed by atoms with Crippen molar-refractivity contribution in [2.24, 2.45) is 11.8 Å². The lowest BCUT2D eigenvalue weighted by Gasteiger charge is -2.18. The summed E-state index contributed by atoms with van der Waals surface area (Å²) in [6.07, 6.45) is 1.93. The lowest BCUT2D eigenvalue weighted by molar-refractivity contribution is -0.152. The number of rotatable bonds is 5. The van der Waals surface area contributed by atoms with Crippen LogP contribution in [0.5, 0.6) is 0 Å². The van der Waals surface area contributed by atoms with Gasteiger partial charge in [-0.3, -0.25) is 18.7 Å². The van der Waals surface area contributed by atoms with Crippen molar-refractivity contribution in [3.8, 4) is 6.19 Å². The fourth-order valence-electron chi connectivity index (χ4n) is 2.40. The van der Waals surface area contributed by atoms with Crippen molar-refractivity contribution in [2.45, 2.75) is 25.9 Å². The van der Waals surface area contributed by atoms with Crippen LogP contribution in [0, 0.1) is 23.3 Å². The minimum Gasteiger partial charge on any atom is -0.466 e. The van der Waals surface area contributed by atoms with Crippen LogP contribution in [0.4, 0.5) is 0 Å². The molecule has 1 rings (SSSR count). The largest absolute Gasteiger partial charge is 0.466 e. The van der Waals surface area contributed by atoms with Crippen molar-refractivity contribution in [1.82, 2.24) is 4.90 Å². The third kappa shape index (κ3) is 4.68. The quantitative estimate of drug-likeness (QED) is 0.300. The molecule has 0 saturated heterocycles. The standard InChI is InChI=1S/C12H18N2O6S/c1-4-19-12(16)10-6-8(20-21(3,17)18)5-9(10)11(15)14(2)7-13/h8-10H,4-6H2,1-3H3/t8-,9+,10+/m0/s1. The second-order valence-corrected chi connectivity index (χ2v) is 6.46. The molecule has 1 fully saturated rings. The molecule has 1 saturated carbocycles. The molecule has 1 amide bonds. The molecule has 8 nitrogen and oxygen atoms in total. The van der Waals surface area contributed by atoms with Crippen LogP contribution >= 0.6 is 0 Å². The minimum absolute atomic E-state index is 0.0569. The summed E-state index contributed by atoms with van der Waals surface area (Å²) < 4.78 is 32.1. The molecule has 1 aliphatic rings. The molecule has 0 unspecified atom stereocenters. The van der Waals surface area contributed by atoms with E-state index < -0.39 is 39.9 Å². The Balaban J connectivity index is 2.93. The van der Waals surface area contributed by atoms with Gasteiger partial charge in [-0.25, -0.2) is 0 Å². The highest BCUT2D eigenvalue weighted by atomic mass is 32.2. The smallest absolute Gasteiger partial charge is 0.309 e. The highest BCUT2D eigenvalue weighted by molar-refractivity contribution is 7.86. The average molecular weight is 318 g/mol. The summed E-state index contributed by atoms with van der Waals surface area (Å²) >= 11 is 0. The molecule has 9 heteroatoms. The van der Waals surface area contributed by atoms with Crippen LogP contribution in [0.2, 0.25) is 0 Å². The van der Waals surface area contributed by atoms with Crippen LogP contribution < -0.4 is 0 Å². The SMILES string of the molecule is CCOC(=O)[C@@H]1C[C@@H](OS(C)(=O)=O)C[C@H]1C(=O)N(C)C#N. The monoisotopic (exact) mass is 318 g/mol. The van der Waals surface area contributed by atoms with Crippen molar-refractivity contribution in [3.05, 3.63) is 0 Å². The fourth-order valence-corrected chi connectivity index (χ4v) is 3.05. The summed E-state index contributed by atoms with van der Waals surface area (Å²) in [5.74, 6) is -2.75. The van der Waals surface area contributed by atoms with Gasteiger partial charge in [0.1, 0.15) is 0 Å². The predicted octanol–water partition coefficient (Wildman–Crippen LogP) is -0.140. The van der Waals surface area contributed by atoms with E-state index in [-0.39, 0.29) is 19.4 Å². The second-order valence-electron chi connectivity index (χ2n) is 4.86. The van der Waals surface area contributed by atoms with Crippen molar-refractivity contribution in [1.29, 1.82) is 5.26 Å². The summed E-state index contributed by atoms with van der Waals surface area (Å²) in [4.78, 5) is 24.8. The third-order valence-electron chi connectivity index (χ3n) is 3.22. The Kier molecular flexibility index (Phi) is 5.69. The molecule has 0 bridgehead atoms. The van der Waals surface area contributed by atoms with Crippen molar-refractivity contribution in [3.63, 3.8) is 0 Å². The van der Waals surface area contributed by atoms with Gasteiger partial charge in [-0.2, -0.15) is 13.7 Å². The van der Waals surface area contributed by atoms with Gasteiger partial charge in [0.25, 0.3) is 10.1 Å². The van der Waals surface area contributed by atoms with Gasteiger partial charge in [0.05, 0.1) is 30.8 Å². The zero-order chi connectivity index (χ0) is 16.2. The van der Waals surface area contributed by atoms with E-state index in [2.05, 4.69) is 0 Å². The van der Waals surface area contributed by atoms with Gasteiger partial charge in [-0.1, -0.05) is 0 Å². The maximum atomic E-state index is 12.1. The average Bonchev–Trinajstić information content (AvgIpc) is 2.78. The van der Waals surface area contributed by atoms with Gasteiger partial charge in [0.15, 0.2) is 6.19 Å². The molecular formula is C12H18N2O6S. The Morgan fingerprint density at radius 3 is 2.38 bits per heavy atom. The van der Waals surface area contributed by atoms with Crippen molar-refractivity contribution < 1.29 is 26.9 Å². The maximum Gasteiger partial charge on any atom is 0.309 e. The van der Waals surface area contributed by atoms with E-state index in [0.29, 0.717) is 0 Å². The summed E-state index contributed by atoms with van der Waals surface area (Å²) in [6, 6.07) is 0. The highest BCUT2D eigenvalue weighted by Crippen LogP contribution is 2.36. The number of carbonyl (C=O) groups excluding carboxylic acids is 2. The van der Waals surface area contributed by atoms with Crippen molar-refractivity contribution >= 4 is 22.0 Å². The number of carbonyl (C=O) groups is 2.